The minimum Gasteiger partial charge on any atom is -0.0955 e. The van der Waals surface area contributed by atoms with Crippen molar-refractivity contribution in [3.8, 4) is 0 Å². The standard InChI is InChI=1S/C13H18/c1-5-7-12-9-6-8-11(4)13(12)10(2)3/h6,8-9H,2,5,7H2,1,3-4H3. The highest BCUT2D eigenvalue weighted by Crippen LogP contribution is 2.22. The van der Waals surface area contributed by atoms with E-state index in [1.165, 1.54) is 28.7 Å². The van der Waals surface area contributed by atoms with E-state index >= 15 is 0 Å². The number of aryl methyl sites for hydroxylation is 2. The zero-order valence-electron chi connectivity index (χ0n) is 8.85. The molecule has 1 rings (SSSR count). The molecule has 0 amide bonds. The second kappa shape index (κ2) is 4.27. The third kappa shape index (κ3) is 2.21. The van der Waals surface area contributed by atoms with Gasteiger partial charge < -0.3 is 0 Å². The van der Waals surface area contributed by atoms with Crippen molar-refractivity contribution < 1.29 is 0 Å². The molecule has 1 aromatic rings. The molecule has 0 heteroatoms. The van der Waals surface area contributed by atoms with Gasteiger partial charge in [0.1, 0.15) is 0 Å². The minimum absolute atomic E-state index is 1.16. The fraction of sp³-hybridized carbons (Fsp3) is 0.385. The van der Waals surface area contributed by atoms with Gasteiger partial charge in [-0.1, -0.05) is 43.7 Å². The average molecular weight is 174 g/mol. The summed E-state index contributed by atoms with van der Waals surface area (Å²) in [5, 5.41) is 0. The molecule has 0 N–H and O–H groups in total. The van der Waals surface area contributed by atoms with Crippen LogP contribution in [0.25, 0.3) is 5.57 Å². The van der Waals surface area contributed by atoms with Crippen LogP contribution in [0.15, 0.2) is 24.8 Å². The van der Waals surface area contributed by atoms with Gasteiger partial charge in [-0.15, -0.1) is 0 Å². The summed E-state index contributed by atoms with van der Waals surface area (Å²) in [4.78, 5) is 0. The Balaban J connectivity index is 3.17. The van der Waals surface area contributed by atoms with Crippen LogP contribution in [0.1, 0.15) is 37.0 Å². The first-order chi connectivity index (χ1) is 6.16. The summed E-state index contributed by atoms with van der Waals surface area (Å²) in [5.74, 6) is 0. The first-order valence-corrected chi connectivity index (χ1v) is 4.91. The van der Waals surface area contributed by atoms with Crippen LogP contribution in [0.5, 0.6) is 0 Å². The van der Waals surface area contributed by atoms with Gasteiger partial charge >= 0.3 is 0 Å². The molecule has 0 nitrogen and oxygen atoms in total. The number of allylic oxidation sites excluding steroid dienone is 1. The summed E-state index contributed by atoms with van der Waals surface area (Å²) in [6.07, 6.45) is 2.35. The molecule has 70 valence electrons. The smallest absolute Gasteiger partial charge is 0.0172 e. The molecule has 0 heterocycles. The van der Waals surface area contributed by atoms with Crippen molar-refractivity contribution in [1.29, 1.82) is 0 Å². The largest absolute Gasteiger partial charge is 0.0955 e. The van der Waals surface area contributed by atoms with E-state index in [-0.39, 0.29) is 0 Å². The van der Waals surface area contributed by atoms with Crippen LogP contribution < -0.4 is 0 Å². The van der Waals surface area contributed by atoms with Gasteiger partial charge in [0.05, 0.1) is 0 Å². The van der Waals surface area contributed by atoms with E-state index in [1.54, 1.807) is 0 Å². The van der Waals surface area contributed by atoms with Gasteiger partial charge in [-0.2, -0.15) is 0 Å². The summed E-state index contributed by atoms with van der Waals surface area (Å²) in [6, 6.07) is 6.50. The van der Waals surface area contributed by atoms with Crippen LogP contribution in [0.4, 0.5) is 0 Å². The van der Waals surface area contributed by atoms with E-state index in [2.05, 4.69) is 45.5 Å². The Morgan fingerprint density at radius 1 is 1.38 bits per heavy atom. The highest BCUT2D eigenvalue weighted by atomic mass is 14.1. The van der Waals surface area contributed by atoms with Crippen LogP contribution in [0.2, 0.25) is 0 Å². The first-order valence-electron chi connectivity index (χ1n) is 4.91. The topological polar surface area (TPSA) is 0 Å². The summed E-state index contributed by atoms with van der Waals surface area (Å²) in [7, 11) is 0. The van der Waals surface area contributed by atoms with E-state index in [0.29, 0.717) is 0 Å². The molecule has 0 saturated heterocycles. The molecular formula is C13H18. The normalized spacial score (nSPS) is 10.1. The van der Waals surface area contributed by atoms with Crippen LogP contribution >= 0.6 is 0 Å². The lowest BCUT2D eigenvalue weighted by molar-refractivity contribution is 0.916. The van der Waals surface area contributed by atoms with E-state index in [1.807, 2.05) is 0 Å². The Kier molecular flexibility index (Phi) is 3.30. The lowest BCUT2D eigenvalue weighted by Crippen LogP contribution is -1.94. The monoisotopic (exact) mass is 174 g/mol. The average Bonchev–Trinajstić information content (AvgIpc) is 2.04. The molecule has 0 spiro atoms. The van der Waals surface area contributed by atoms with Crippen LogP contribution in [0.3, 0.4) is 0 Å². The summed E-state index contributed by atoms with van der Waals surface area (Å²) in [5.41, 5.74) is 5.33. The van der Waals surface area contributed by atoms with Gasteiger partial charge in [0.15, 0.2) is 0 Å². The maximum absolute atomic E-state index is 4.03. The molecule has 0 fully saturated rings. The second-order valence-electron chi connectivity index (χ2n) is 3.64. The lowest BCUT2D eigenvalue weighted by Gasteiger charge is -2.11. The summed E-state index contributed by atoms with van der Waals surface area (Å²) >= 11 is 0. The zero-order valence-corrected chi connectivity index (χ0v) is 8.85. The molecule has 0 aromatic heterocycles. The maximum Gasteiger partial charge on any atom is -0.0172 e. The van der Waals surface area contributed by atoms with Crippen LogP contribution in [0, 0.1) is 6.92 Å². The third-order valence-electron chi connectivity index (χ3n) is 2.31. The fourth-order valence-corrected chi connectivity index (χ4v) is 1.82. The number of hydrogen-bond acceptors (Lipinski definition) is 0. The Morgan fingerprint density at radius 3 is 2.62 bits per heavy atom. The van der Waals surface area contributed by atoms with Crippen molar-refractivity contribution in [3.63, 3.8) is 0 Å². The fourth-order valence-electron chi connectivity index (χ4n) is 1.82. The first kappa shape index (κ1) is 10.0. The van der Waals surface area contributed by atoms with Gasteiger partial charge in [0.25, 0.3) is 0 Å². The van der Waals surface area contributed by atoms with E-state index in [9.17, 15) is 0 Å². The van der Waals surface area contributed by atoms with Crippen LogP contribution in [-0.2, 0) is 6.42 Å². The van der Waals surface area contributed by atoms with Crippen molar-refractivity contribution >= 4 is 5.57 Å². The predicted molar refractivity (Wildman–Crippen MR) is 59.9 cm³/mol. The van der Waals surface area contributed by atoms with Crippen LogP contribution in [-0.4, -0.2) is 0 Å². The molecule has 0 atom stereocenters. The number of rotatable bonds is 3. The Hall–Kier alpha value is -1.04. The molecule has 0 unspecified atom stereocenters. The highest BCUT2D eigenvalue weighted by molar-refractivity contribution is 5.67. The summed E-state index contributed by atoms with van der Waals surface area (Å²) < 4.78 is 0. The Labute approximate surface area is 81.3 Å². The molecule has 0 saturated carbocycles. The molecule has 13 heavy (non-hydrogen) atoms. The number of benzene rings is 1. The van der Waals surface area contributed by atoms with Crippen molar-refractivity contribution in [1.82, 2.24) is 0 Å². The molecule has 0 bridgehead atoms. The van der Waals surface area contributed by atoms with Gasteiger partial charge in [0, 0.05) is 0 Å². The van der Waals surface area contributed by atoms with Gasteiger partial charge in [0.2, 0.25) is 0 Å². The van der Waals surface area contributed by atoms with Gasteiger partial charge in [-0.3, -0.25) is 0 Å². The SMILES string of the molecule is C=C(C)c1c(C)cccc1CCC. The molecule has 0 aliphatic rings. The summed E-state index contributed by atoms with van der Waals surface area (Å²) in [6.45, 7) is 10.5. The zero-order chi connectivity index (χ0) is 9.84. The Bertz CT molecular complexity index is 308. The van der Waals surface area contributed by atoms with E-state index in [0.717, 1.165) is 6.42 Å². The molecule has 0 radical (unpaired) electrons. The third-order valence-corrected chi connectivity index (χ3v) is 2.31. The predicted octanol–water partition coefficient (Wildman–Crippen LogP) is 3.98. The van der Waals surface area contributed by atoms with E-state index < -0.39 is 0 Å². The molecule has 1 aromatic carbocycles. The van der Waals surface area contributed by atoms with Crippen molar-refractivity contribution in [3.05, 3.63) is 41.5 Å². The maximum atomic E-state index is 4.03. The van der Waals surface area contributed by atoms with Gasteiger partial charge in [-0.05, 0) is 37.0 Å². The lowest BCUT2D eigenvalue weighted by atomic mass is 9.94. The highest BCUT2D eigenvalue weighted by Gasteiger charge is 2.04. The molecule has 0 aliphatic heterocycles. The molecular weight excluding hydrogens is 156 g/mol. The van der Waals surface area contributed by atoms with Crippen molar-refractivity contribution in [2.45, 2.75) is 33.6 Å². The Morgan fingerprint density at radius 2 is 2.08 bits per heavy atom. The minimum atomic E-state index is 1.16. The van der Waals surface area contributed by atoms with E-state index in [4.69, 9.17) is 0 Å². The number of hydrogen-bond donors (Lipinski definition) is 0. The van der Waals surface area contributed by atoms with Crippen molar-refractivity contribution in [2.75, 3.05) is 0 Å². The van der Waals surface area contributed by atoms with Gasteiger partial charge in [-0.25, -0.2) is 0 Å². The quantitative estimate of drug-likeness (QED) is 0.650. The molecule has 0 aliphatic carbocycles. The second-order valence-corrected chi connectivity index (χ2v) is 3.64. The van der Waals surface area contributed by atoms with Crippen molar-refractivity contribution in [2.24, 2.45) is 0 Å².